The average Bonchev–Trinajstić information content (AvgIpc) is 2.94. The summed E-state index contributed by atoms with van der Waals surface area (Å²) in [6, 6.07) is 8.22. The van der Waals surface area contributed by atoms with Gasteiger partial charge in [0, 0.05) is 31.6 Å². The number of hydrogen-bond acceptors (Lipinski definition) is 4. The van der Waals surface area contributed by atoms with E-state index in [4.69, 9.17) is 9.47 Å². The lowest BCUT2D eigenvalue weighted by atomic mass is 10.0. The minimum absolute atomic E-state index is 0.0619. The van der Waals surface area contributed by atoms with Gasteiger partial charge in [-0.15, -0.1) is 0 Å². The van der Waals surface area contributed by atoms with E-state index in [0.717, 1.165) is 56.9 Å². The Bertz CT molecular complexity index is 606. The molecule has 0 aliphatic carbocycles. The van der Waals surface area contributed by atoms with E-state index in [9.17, 15) is 4.79 Å². The first kappa shape index (κ1) is 15.8. The topological polar surface area (TPSA) is 42.0 Å². The summed E-state index contributed by atoms with van der Waals surface area (Å²) >= 11 is 0. The zero-order chi connectivity index (χ0) is 16.5. The lowest BCUT2D eigenvalue weighted by molar-refractivity contribution is -0.133. The van der Waals surface area contributed by atoms with Crippen LogP contribution < -0.4 is 9.47 Å². The van der Waals surface area contributed by atoms with Gasteiger partial charge in [0.05, 0.1) is 0 Å². The first-order chi connectivity index (χ1) is 11.7. The Kier molecular flexibility index (Phi) is 4.35. The third-order valence-corrected chi connectivity index (χ3v) is 5.46. The van der Waals surface area contributed by atoms with Gasteiger partial charge in [0.2, 0.25) is 5.91 Å². The molecule has 1 aromatic rings. The zero-order valence-electron chi connectivity index (χ0n) is 14.3. The second kappa shape index (κ2) is 6.63. The molecule has 3 aliphatic heterocycles. The summed E-state index contributed by atoms with van der Waals surface area (Å²) in [6.07, 6.45) is 3.34. The second-order valence-electron chi connectivity index (χ2n) is 7.27. The largest absolute Gasteiger partial charge is 0.486 e. The van der Waals surface area contributed by atoms with Crippen molar-refractivity contribution in [1.29, 1.82) is 0 Å². The molecule has 3 unspecified atom stereocenters. The Balaban J connectivity index is 1.35. The molecule has 5 nitrogen and oxygen atoms in total. The number of carbonyl (C=O) groups excluding carboxylic acids is 1. The van der Waals surface area contributed by atoms with Gasteiger partial charge >= 0.3 is 0 Å². The van der Waals surface area contributed by atoms with Gasteiger partial charge in [-0.1, -0.05) is 19.1 Å². The van der Waals surface area contributed by atoms with Crippen LogP contribution >= 0.6 is 0 Å². The maximum Gasteiger partial charge on any atom is 0.225 e. The van der Waals surface area contributed by atoms with E-state index in [1.807, 2.05) is 31.2 Å². The number of likely N-dealkylation sites (tertiary alicyclic amines) is 2. The molecule has 0 spiro atoms. The molecule has 0 saturated carbocycles. The molecule has 0 bridgehead atoms. The van der Waals surface area contributed by atoms with E-state index in [-0.39, 0.29) is 12.0 Å². The van der Waals surface area contributed by atoms with Crippen LogP contribution in [0.4, 0.5) is 0 Å². The predicted octanol–water partition coefficient (Wildman–Crippen LogP) is 2.16. The van der Waals surface area contributed by atoms with Crippen LogP contribution in [0.2, 0.25) is 0 Å². The fourth-order valence-electron chi connectivity index (χ4n) is 4.10. The SMILES string of the molecule is CC1CCN(C2CCCN(CC3COc4ccccc4O3)C2)C1=O. The molecule has 3 aliphatic rings. The van der Waals surface area contributed by atoms with Gasteiger partial charge in [-0.2, -0.15) is 0 Å². The van der Waals surface area contributed by atoms with Crippen molar-refractivity contribution in [2.24, 2.45) is 5.92 Å². The number of amides is 1. The second-order valence-corrected chi connectivity index (χ2v) is 7.27. The Morgan fingerprint density at radius 1 is 1.17 bits per heavy atom. The summed E-state index contributed by atoms with van der Waals surface area (Å²) < 4.78 is 11.9. The lowest BCUT2D eigenvalue weighted by Crippen LogP contribution is -2.51. The number of hydrogen-bond donors (Lipinski definition) is 0. The molecule has 0 radical (unpaired) electrons. The van der Waals surface area contributed by atoms with Crippen molar-refractivity contribution in [2.45, 2.75) is 38.3 Å². The van der Waals surface area contributed by atoms with Gasteiger partial charge in [-0.25, -0.2) is 0 Å². The highest BCUT2D eigenvalue weighted by Gasteiger charge is 2.36. The number of benzene rings is 1. The highest BCUT2D eigenvalue weighted by molar-refractivity contribution is 5.80. The van der Waals surface area contributed by atoms with Crippen LogP contribution in [0, 0.1) is 5.92 Å². The highest BCUT2D eigenvalue weighted by atomic mass is 16.6. The van der Waals surface area contributed by atoms with E-state index >= 15 is 0 Å². The van der Waals surface area contributed by atoms with Crippen molar-refractivity contribution in [3.63, 3.8) is 0 Å². The van der Waals surface area contributed by atoms with Crippen LogP contribution in [0.5, 0.6) is 11.5 Å². The summed E-state index contributed by atoms with van der Waals surface area (Å²) in [5.41, 5.74) is 0. The molecule has 4 rings (SSSR count). The molecule has 0 N–H and O–H groups in total. The number of piperidine rings is 1. The van der Waals surface area contributed by atoms with Gasteiger partial charge in [0.25, 0.3) is 0 Å². The van der Waals surface area contributed by atoms with E-state index in [2.05, 4.69) is 9.80 Å². The van der Waals surface area contributed by atoms with Crippen molar-refractivity contribution in [1.82, 2.24) is 9.80 Å². The molecule has 3 atom stereocenters. The lowest BCUT2D eigenvalue weighted by Gasteiger charge is -2.39. The molecular formula is C19H26N2O3. The minimum atomic E-state index is 0.0619. The minimum Gasteiger partial charge on any atom is -0.486 e. The highest BCUT2D eigenvalue weighted by Crippen LogP contribution is 2.31. The van der Waals surface area contributed by atoms with Crippen LogP contribution in [-0.4, -0.2) is 60.6 Å². The van der Waals surface area contributed by atoms with E-state index in [0.29, 0.717) is 18.6 Å². The third kappa shape index (κ3) is 3.09. The summed E-state index contributed by atoms with van der Waals surface area (Å²) in [7, 11) is 0. The first-order valence-corrected chi connectivity index (χ1v) is 9.12. The van der Waals surface area contributed by atoms with Gasteiger partial charge in [-0.05, 0) is 37.9 Å². The third-order valence-electron chi connectivity index (χ3n) is 5.46. The van der Waals surface area contributed by atoms with Crippen LogP contribution in [0.15, 0.2) is 24.3 Å². The molecule has 2 saturated heterocycles. The molecule has 2 fully saturated rings. The maximum absolute atomic E-state index is 12.3. The van der Waals surface area contributed by atoms with E-state index < -0.39 is 0 Å². The summed E-state index contributed by atoms with van der Waals surface area (Å²) in [5, 5.41) is 0. The molecule has 1 amide bonds. The van der Waals surface area contributed by atoms with Crippen molar-refractivity contribution in [3.8, 4) is 11.5 Å². The van der Waals surface area contributed by atoms with Crippen molar-refractivity contribution >= 4 is 5.91 Å². The van der Waals surface area contributed by atoms with E-state index in [1.54, 1.807) is 0 Å². The average molecular weight is 330 g/mol. The van der Waals surface area contributed by atoms with Gasteiger partial charge in [0.1, 0.15) is 12.7 Å². The number of fused-ring (bicyclic) bond motifs is 1. The number of nitrogens with zero attached hydrogens (tertiary/aromatic N) is 2. The number of rotatable bonds is 3. The fourth-order valence-corrected chi connectivity index (χ4v) is 4.10. The Morgan fingerprint density at radius 3 is 2.79 bits per heavy atom. The number of ether oxygens (including phenoxy) is 2. The molecule has 1 aromatic carbocycles. The van der Waals surface area contributed by atoms with Crippen LogP contribution in [0.1, 0.15) is 26.2 Å². The molecule has 130 valence electrons. The van der Waals surface area contributed by atoms with Crippen molar-refractivity contribution < 1.29 is 14.3 Å². The van der Waals surface area contributed by atoms with Gasteiger partial charge < -0.3 is 14.4 Å². The molecular weight excluding hydrogens is 304 g/mol. The first-order valence-electron chi connectivity index (χ1n) is 9.12. The standard InChI is InChI=1S/C19H26N2O3/c1-14-8-10-21(19(14)22)15-5-4-9-20(11-15)12-16-13-23-17-6-2-3-7-18(17)24-16/h2-3,6-7,14-16H,4-5,8-13H2,1H3. The van der Waals surface area contributed by atoms with Gasteiger partial charge in [-0.3, -0.25) is 9.69 Å². The summed E-state index contributed by atoms with van der Waals surface area (Å²) in [4.78, 5) is 16.9. The summed E-state index contributed by atoms with van der Waals surface area (Å²) in [6.45, 7) is 6.47. The smallest absolute Gasteiger partial charge is 0.225 e. The van der Waals surface area contributed by atoms with E-state index in [1.165, 1.54) is 0 Å². The molecule has 0 aromatic heterocycles. The zero-order valence-corrected chi connectivity index (χ0v) is 14.3. The molecule has 5 heteroatoms. The monoisotopic (exact) mass is 330 g/mol. The quantitative estimate of drug-likeness (QED) is 0.852. The molecule has 24 heavy (non-hydrogen) atoms. The van der Waals surface area contributed by atoms with Gasteiger partial charge in [0.15, 0.2) is 11.5 Å². The van der Waals surface area contributed by atoms with Crippen molar-refractivity contribution in [3.05, 3.63) is 24.3 Å². The summed E-state index contributed by atoms with van der Waals surface area (Å²) in [5.74, 6) is 2.22. The van der Waals surface area contributed by atoms with Crippen LogP contribution in [0.3, 0.4) is 0 Å². The predicted molar refractivity (Wildman–Crippen MR) is 91.3 cm³/mol. The Morgan fingerprint density at radius 2 is 2.00 bits per heavy atom. The molecule has 3 heterocycles. The Labute approximate surface area is 143 Å². The van der Waals surface area contributed by atoms with Crippen molar-refractivity contribution in [2.75, 3.05) is 32.8 Å². The normalized spacial score (nSPS) is 30.6. The Hall–Kier alpha value is -1.75. The number of carbonyl (C=O) groups is 1. The maximum atomic E-state index is 12.3. The fraction of sp³-hybridized carbons (Fsp3) is 0.632. The number of para-hydroxylation sites is 2. The van der Waals surface area contributed by atoms with Crippen LogP contribution in [-0.2, 0) is 4.79 Å². The van der Waals surface area contributed by atoms with Crippen LogP contribution in [0.25, 0.3) is 0 Å².